The maximum Gasteiger partial charge on any atom is 0.271 e. The lowest BCUT2D eigenvalue weighted by Crippen LogP contribution is -2.02. The summed E-state index contributed by atoms with van der Waals surface area (Å²) < 4.78 is 0. The second kappa shape index (κ2) is 5.46. The van der Waals surface area contributed by atoms with Crippen LogP contribution >= 0.6 is 11.6 Å². The lowest BCUT2D eigenvalue weighted by molar-refractivity contribution is -0.384. The fourth-order valence-corrected chi connectivity index (χ4v) is 1.64. The van der Waals surface area contributed by atoms with Crippen LogP contribution in [0.15, 0.2) is 42.6 Å². The monoisotopic (exact) mass is 263 g/mol. The molecular formula is C12H10ClN3O2. The van der Waals surface area contributed by atoms with Crippen molar-refractivity contribution in [1.29, 1.82) is 0 Å². The van der Waals surface area contributed by atoms with Crippen LogP contribution in [0.3, 0.4) is 0 Å². The van der Waals surface area contributed by atoms with E-state index in [1.54, 1.807) is 6.20 Å². The Balaban J connectivity index is 2.14. The zero-order valence-corrected chi connectivity index (χ0v) is 10.1. The fourth-order valence-electron chi connectivity index (χ4n) is 1.45. The van der Waals surface area contributed by atoms with E-state index in [0.717, 1.165) is 5.69 Å². The van der Waals surface area contributed by atoms with Gasteiger partial charge in [0, 0.05) is 18.3 Å². The predicted molar refractivity (Wildman–Crippen MR) is 69.7 cm³/mol. The molecule has 0 fully saturated rings. The Morgan fingerprint density at radius 2 is 2.17 bits per heavy atom. The van der Waals surface area contributed by atoms with Crippen LogP contribution in [0, 0.1) is 10.1 Å². The number of hydrogen-bond acceptors (Lipinski definition) is 4. The van der Waals surface area contributed by atoms with Crippen molar-refractivity contribution in [2.45, 2.75) is 6.54 Å². The lowest BCUT2D eigenvalue weighted by atomic mass is 10.2. The quantitative estimate of drug-likeness (QED) is 0.679. The first-order valence-electron chi connectivity index (χ1n) is 5.24. The van der Waals surface area contributed by atoms with E-state index < -0.39 is 4.92 Å². The summed E-state index contributed by atoms with van der Waals surface area (Å²) in [5, 5.41) is 14.1. The molecule has 0 saturated carbocycles. The third-order valence-corrected chi connectivity index (χ3v) is 2.68. The topological polar surface area (TPSA) is 68.1 Å². The number of anilines is 1. The highest BCUT2D eigenvalue weighted by Gasteiger charge is 2.09. The molecule has 5 nitrogen and oxygen atoms in total. The highest BCUT2D eigenvalue weighted by atomic mass is 35.5. The molecule has 1 heterocycles. The molecule has 0 bridgehead atoms. The minimum absolute atomic E-state index is 0.00270. The molecule has 0 atom stereocenters. The summed E-state index contributed by atoms with van der Waals surface area (Å²) in [6.07, 6.45) is 1.69. The number of non-ortho nitro benzene ring substituents is 1. The standard InChI is InChI=1S/C12H10ClN3O2/c13-11-5-4-10(16(17)18)7-12(11)15-8-9-3-1-2-6-14-9/h1-7,15H,8H2. The minimum atomic E-state index is -0.456. The van der Waals surface area contributed by atoms with E-state index in [0.29, 0.717) is 17.3 Å². The van der Waals surface area contributed by atoms with Crippen molar-refractivity contribution in [1.82, 2.24) is 4.98 Å². The molecule has 92 valence electrons. The SMILES string of the molecule is O=[N+]([O-])c1ccc(Cl)c(NCc2ccccn2)c1. The maximum absolute atomic E-state index is 10.7. The van der Waals surface area contributed by atoms with Gasteiger partial charge in [0.25, 0.3) is 5.69 Å². The van der Waals surface area contributed by atoms with Crippen LogP contribution < -0.4 is 5.32 Å². The average Bonchev–Trinajstić information content (AvgIpc) is 2.38. The third kappa shape index (κ3) is 2.95. The summed E-state index contributed by atoms with van der Waals surface area (Å²) in [7, 11) is 0. The zero-order chi connectivity index (χ0) is 13.0. The van der Waals surface area contributed by atoms with E-state index >= 15 is 0 Å². The summed E-state index contributed by atoms with van der Waals surface area (Å²) in [5.41, 5.74) is 1.36. The molecule has 2 aromatic rings. The van der Waals surface area contributed by atoms with Gasteiger partial charge < -0.3 is 5.32 Å². The predicted octanol–water partition coefficient (Wildman–Crippen LogP) is 3.26. The average molecular weight is 264 g/mol. The Morgan fingerprint density at radius 1 is 1.33 bits per heavy atom. The molecule has 0 aliphatic carbocycles. The Labute approximate surface area is 109 Å². The molecule has 0 saturated heterocycles. The Kier molecular flexibility index (Phi) is 3.74. The van der Waals surface area contributed by atoms with E-state index in [2.05, 4.69) is 10.3 Å². The van der Waals surface area contributed by atoms with Gasteiger partial charge in [-0.1, -0.05) is 17.7 Å². The number of nitro benzene ring substituents is 1. The molecule has 6 heteroatoms. The van der Waals surface area contributed by atoms with Gasteiger partial charge in [-0.15, -0.1) is 0 Å². The summed E-state index contributed by atoms with van der Waals surface area (Å²) in [6.45, 7) is 0.460. The maximum atomic E-state index is 10.7. The van der Waals surface area contributed by atoms with Crippen molar-refractivity contribution in [3.05, 3.63) is 63.4 Å². The number of aromatic nitrogens is 1. The van der Waals surface area contributed by atoms with Crippen molar-refractivity contribution in [2.75, 3.05) is 5.32 Å². The van der Waals surface area contributed by atoms with Crippen molar-refractivity contribution in [3.63, 3.8) is 0 Å². The summed E-state index contributed by atoms with van der Waals surface area (Å²) >= 11 is 5.96. The molecule has 0 aliphatic heterocycles. The Hall–Kier alpha value is -2.14. The first kappa shape index (κ1) is 12.3. The highest BCUT2D eigenvalue weighted by Crippen LogP contribution is 2.26. The van der Waals surface area contributed by atoms with Gasteiger partial charge in [-0.05, 0) is 18.2 Å². The third-order valence-electron chi connectivity index (χ3n) is 2.35. The molecule has 1 aromatic carbocycles. The number of halogens is 1. The number of nitrogens with zero attached hydrogens (tertiary/aromatic N) is 2. The molecule has 18 heavy (non-hydrogen) atoms. The molecule has 1 aromatic heterocycles. The van der Waals surface area contributed by atoms with Crippen molar-refractivity contribution in [3.8, 4) is 0 Å². The molecule has 2 rings (SSSR count). The second-order valence-corrected chi connectivity index (χ2v) is 4.00. The van der Waals surface area contributed by atoms with Gasteiger partial charge in [-0.25, -0.2) is 0 Å². The number of pyridine rings is 1. The van der Waals surface area contributed by atoms with E-state index in [1.807, 2.05) is 18.2 Å². The zero-order valence-electron chi connectivity index (χ0n) is 9.34. The van der Waals surface area contributed by atoms with Crippen molar-refractivity contribution >= 4 is 23.0 Å². The molecular weight excluding hydrogens is 254 g/mol. The van der Waals surface area contributed by atoms with Gasteiger partial charge in [0.05, 0.1) is 27.9 Å². The number of nitro groups is 1. The minimum Gasteiger partial charge on any atom is -0.378 e. The first-order chi connectivity index (χ1) is 8.66. The number of rotatable bonds is 4. The smallest absolute Gasteiger partial charge is 0.271 e. The Morgan fingerprint density at radius 3 is 2.83 bits per heavy atom. The molecule has 0 spiro atoms. The molecule has 1 N–H and O–H groups in total. The number of benzene rings is 1. The van der Waals surface area contributed by atoms with Gasteiger partial charge in [-0.3, -0.25) is 15.1 Å². The van der Waals surface area contributed by atoms with Gasteiger partial charge in [0.15, 0.2) is 0 Å². The fraction of sp³-hybridized carbons (Fsp3) is 0.0833. The molecule has 0 unspecified atom stereocenters. The van der Waals surface area contributed by atoms with Crippen LogP contribution in [0.1, 0.15) is 5.69 Å². The lowest BCUT2D eigenvalue weighted by Gasteiger charge is -2.07. The van der Waals surface area contributed by atoms with Crippen LogP contribution in [0.25, 0.3) is 0 Å². The number of nitrogens with one attached hydrogen (secondary N) is 1. The van der Waals surface area contributed by atoms with Crippen LogP contribution in [0.4, 0.5) is 11.4 Å². The van der Waals surface area contributed by atoms with Gasteiger partial charge in [0.2, 0.25) is 0 Å². The van der Waals surface area contributed by atoms with E-state index in [1.165, 1.54) is 18.2 Å². The van der Waals surface area contributed by atoms with E-state index in [9.17, 15) is 10.1 Å². The normalized spacial score (nSPS) is 10.1. The highest BCUT2D eigenvalue weighted by molar-refractivity contribution is 6.33. The van der Waals surface area contributed by atoms with E-state index in [-0.39, 0.29) is 5.69 Å². The summed E-state index contributed by atoms with van der Waals surface area (Å²) in [4.78, 5) is 14.3. The van der Waals surface area contributed by atoms with Crippen molar-refractivity contribution < 1.29 is 4.92 Å². The summed E-state index contributed by atoms with van der Waals surface area (Å²) in [6, 6.07) is 9.83. The number of hydrogen-bond donors (Lipinski definition) is 1. The van der Waals surface area contributed by atoms with Crippen LogP contribution in [0.2, 0.25) is 5.02 Å². The van der Waals surface area contributed by atoms with E-state index in [4.69, 9.17) is 11.6 Å². The van der Waals surface area contributed by atoms with Crippen LogP contribution in [-0.2, 0) is 6.54 Å². The van der Waals surface area contributed by atoms with Gasteiger partial charge >= 0.3 is 0 Å². The van der Waals surface area contributed by atoms with Crippen LogP contribution in [0.5, 0.6) is 0 Å². The first-order valence-corrected chi connectivity index (χ1v) is 5.62. The summed E-state index contributed by atoms with van der Waals surface area (Å²) in [5.74, 6) is 0. The van der Waals surface area contributed by atoms with Crippen LogP contribution in [-0.4, -0.2) is 9.91 Å². The largest absolute Gasteiger partial charge is 0.378 e. The second-order valence-electron chi connectivity index (χ2n) is 3.60. The van der Waals surface area contributed by atoms with Crippen molar-refractivity contribution in [2.24, 2.45) is 0 Å². The van der Waals surface area contributed by atoms with Gasteiger partial charge in [0.1, 0.15) is 0 Å². The molecule has 0 aliphatic rings. The molecule has 0 amide bonds. The molecule has 0 radical (unpaired) electrons. The Bertz CT molecular complexity index is 561. The van der Waals surface area contributed by atoms with Gasteiger partial charge in [-0.2, -0.15) is 0 Å².